The second-order valence-electron chi connectivity index (χ2n) is 12.0. The van der Waals surface area contributed by atoms with Gasteiger partial charge in [0.25, 0.3) is 5.91 Å². The number of unbranched alkanes of at least 4 members (excludes halogenated alkanes) is 9. The first kappa shape index (κ1) is 35.1. The standard InChI is InChI=1S/C33H50N2O6S/c1-7-8-9-10-11-12-13-14-15-16-17-31(32(37)34-26-18-20-27(21-19-26)35-42(6,38)39)41-28-22-23-30(40-25(2)36)29(24-28)33(3,4)5/h18-24,31,35H,7-17H2,1-6H3,(H,34,37). The Labute approximate surface area is 253 Å². The molecule has 0 aliphatic carbocycles. The van der Waals surface area contributed by atoms with E-state index in [2.05, 4.69) is 17.0 Å². The number of carbonyl (C=O) groups is 2. The van der Waals surface area contributed by atoms with E-state index < -0.39 is 22.1 Å². The quantitative estimate of drug-likeness (QED) is 0.102. The fourth-order valence-corrected chi connectivity index (χ4v) is 5.26. The largest absolute Gasteiger partial charge is 0.481 e. The van der Waals surface area contributed by atoms with Crippen molar-refractivity contribution in [3.63, 3.8) is 0 Å². The monoisotopic (exact) mass is 602 g/mol. The van der Waals surface area contributed by atoms with Crippen LogP contribution in [0.1, 0.15) is 111 Å². The van der Waals surface area contributed by atoms with Crippen molar-refractivity contribution >= 4 is 33.3 Å². The van der Waals surface area contributed by atoms with Crippen LogP contribution in [-0.2, 0) is 25.0 Å². The molecule has 1 amide bonds. The van der Waals surface area contributed by atoms with Gasteiger partial charge in [-0.2, -0.15) is 0 Å². The van der Waals surface area contributed by atoms with Gasteiger partial charge in [-0.3, -0.25) is 14.3 Å². The number of sulfonamides is 1. The van der Waals surface area contributed by atoms with E-state index in [0.717, 1.165) is 31.1 Å². The molecule has 2 N–H and O–H groups in total. The fraction of sp³-hybridized carbons (Fsp3) is 0.576. The van der Waals surface area contributed by atoms with Crippen molar-refractivity contribution in [1.29, 1.82) is 0 Å². The molecule has 0 aliphatic heterocycles. The molecule has 0 bridgehead atoms. The van der Waals surface area contributed by atoms with Crippen LogP contribution in [0.25, 0.3) is 0 Å². The van der Waals surface area contributed by atoms with Crippen molar-refractivity contribution in [2.24, 2.45) is 0 Å². The molecule has 8 nitrogen and oxygen atoms in total. The first-order valence-electron chi connectivity index (χ1n) is 15.2. The van der Waals surface area contributed by atoms with Crippen LogP contribution in [0.2, 0.25) is 0 Å². The third-order valence-corrected chi connectivity index (χ3v) is 7.47. The van der Waals surface area contributed by atoms with Crippen molar-refractivity contribution in [3.8, 4) is 11.5 Å². The predicted molar refractivity (Wildman–Crippen MR) is 171 cm³/mol. The van der Waals surface area contributed by atoms with E-state index in [1.165, 1.54) is 51.9 Å². The Kier molecular flexibility index (Phi) is 14.3. The Morgan fingerprint density at radius 2 is 1.38 bits per heavy atom. The van der Waals surface area contributed by atoms with E-state index in [4.69, 9.17) is 9.47 Å². The highest BCUT2D eigenvalue weighted by Gasteiger charge is 2.24. The Balaban J connectivity index is 2.10. The summed E-state index contributed by atoms with van der Waals surface area (Å²) in [7, 11) is -3.39. The van der Waals surface area contributed by atoms with E-state index in [-0.39, 0.29) is 11.3 Å². The van der Waals surface area contributed by atoms with Gasteiger partial charge in [0, 0.05) is 23.9 Å². The van der Waals surface area contributed by atoms with Crippen molar-refractivity contribution in [3.05, 3.63) is 48.0 Å². The zero-order valence-electron chi connectivity index (χ0n) is 26.3. The normalized spacial score (nSPS) is 12.4. The number of nitrogens with one attached hydrogen (secondary N) is 2. The zero-order valence-corrected chi connectivity index (χ0v) is 27.1. The van der Waals surface area contributed by atoms with E-state index >= 15 is 0 Å². The van der Waals surface area contributed by atoms with Gasteiger partial charge in [0.15, 0.2) is 6.10 Å². The summed E-state index contributed by atoms with van der Waals surface area (Å²) >= 11 is 0. The molecule has 0 radical (unpaired) electrons. The molecule has 234 valence electrons. The molecular weight excluding hydrogens is 552 g/mol. The lowest BCUT2D eigenvalue weighted by molar-refractivity contribution is -0.132. The molecule has 42 heavy (non-hydrogen) atoms. The van der Waals surface area contributed by atoms with Gasteiger partial charge in [-0.15, -0.1) is 0 Å². The Bertz CT molecular complexity index is 1240. The number of ether oxygens (including phenoxy) is 2. The highest BCUT2D eigenvalue weighted by molar-refractivity contribution is 7.92. The molecule has 2 aromatic carbocycles. The second kappa shape index (κ2) is 17.1. The van der Waals surface area contributed by atoms with Gasteiger partial charge in [-0.05, 0) is 60.7 Å². The van der Waals surface area contributed by atoms with Crippen LogP contribution in [0.15, 0.2) is 42.5 Å². The summed E-state index contributed by atoms with van der Waals surface area (Å²) in [6.45, 7) is 9.67. The van der Waals surface area contributed by atoms with E-state index in [0.29, 0.717) is 29.3 Å². The lowest BCUT2D eigenvalue weighted by Gasteiger charge is -2.24. The van der Waals surface area contributed by atoms with Gasteiger partial charge < -0.3 is 14.8 Å². The average Bonchev–Trinajstić information content (AvgIpc) is 2.89. The van der Waals surface area contributed by atoms with Crippen molar-refractivity contribution < 1.29 is 27.5 Å². The van der Waals surface area contributed by atoms with E-state index in [9.17, 15) is 18.0 Å². The molecule has 0 aromatic heterocycles. The molecule has 1 atom stereocenters. The average molecular weight is 603 g/mol. The first-order valence-corrected chi connectivity index (χ1v) is 17.1. The number of anilines is 2. The van der Waals surface area contributed by atoms with E-state index in [1.54, 1.807) is 36.4 Å². The third kappa shape index (κ3) is 13.7. The van der Waals surface area contributed by atoms with Crippen molar-refractivity contribution in [2.75, 3.05) is 16.3 Å². The third-order valence-electron chi connectivity index (χ3n) is 6.86. The molecule has 1 unspecified atom stereocenters. The number of carbonyl (C=O) groups excluding carboxylic acids is 2. The minimum absolute atomic E-state index is 0.281. The summed E-state index contributed by atoms with van der Waals surface area (Å²) < 4.78 is 37.1. The molecule has 0 saturated carbocycles. The molecular formula is C33H50N2O6S. The van der Waals surface area contributed by atoms with Gasteiger partial charge in [0.2, 0.25) is 10.0 Å². The minimum Gasteiger partial charge on any atom is -0.481 e. The van der Waals surface area contributed by atoms with Gasteiger partial charge in [0.05, 0.1) is 6.26 Å². The summed E-state index contributed by atoms with van der Waals surface area (Å²) in [5, 5.41) is 2.91. The number of hydrogen-bond acceptors (Lipinski definition) is 6. The zero-order chi connectivity index (χ0) is 31.2. The van der Waals surface area contributed by atoms with Crippen LogP contribution >= 0.6 is 0 Å². The van der Waals surface area contributed by atoms with Crippen LogP contribution in [0, 0.1) is 0 Å². The molecule has 0 fully saturated rings. The highest BCUT2D eigenvalue weighted by Crippen LogP contribution is 2.35. The van der Waals surface area contributed by atoms with Crippen molar-refractivity contribution in [2.45, 2.75) is 117 Å². The summed E-state index contributed by atoms with van der Waals surface area (Å²) in [6, 6.07) is 11.8. The number of benzene rings is 2. The van der Waals surface area contributed by atoms with Crippen LogP contribution < -0.4 is 19.5 Å². The lowest BCUT2D eigenvalue weighted by Crippen LogP contribution is -2.33. The van der Waals surface area contributed by atoms with Gasteiger partial charge in [-0.25, -0.2) is 8.42 Å². The molecule has 2 aromatic rings. The maximum atomic E-state index is 13.4. The number of amides is 1. The SMILES string of the molecule is CCCCCCCCCCCCC(Oc1ccc(OC(C)=O)c(C(C)(C)C)c1)C(=O)Nc1ccc(NS(C)(=O)=O)cc1. The molecule has 0 aliphatic rings. The molecule has 0 heterocycles. The maximum absolute atomic E-state index is 13.4. The molecule has 0 saturated heterocycles. The van der Waals surface area contributed by atoms with Gasteiger partial charge in [0.1, 0.15) is 11.5 Å². The van der Waals surface area contributed by atoms with E-state index in [1.807, 2.05) is 26.8 Å². The van der Waals surface area contributed by atoms with Crippen LogP contribution in [0.4, 0.5) is 11.4 Å². The summed E-state index contributed by atoms with van der Waals surface area (Å²) in [6.07, 6.45) is 12.8. The van der Waals surface area contributed by atoms with Crippen LogP contribution in [0.3, 0.4) is 0 Å². The number of rotatable bonds is 18. The van der Waals surface area contributed by atoms with Gasteiger partial charge >= 0.3 is 5.97 Å². The number of esters is 1. The first-order chi connectivity index (χ1) is 19.8. The summed E-state index contributed by atoms with van der Waals surface area (Å²) in [4.78, 5) is 25.0. The minimum atomic E-state index is -3.39. The highest BCUT2D eigenvalue weighted by atomic mass is 32.2. The molecule has 2 rings (SSSR count). The van der Waals surface area contributed by atoms with Gasteiger partial charge in [-0.1, -0.05) is 85.5 Å². The fourth-order valence-electron chi connectivity index (χ4n) is 4.70. The Hall–Kier alpha value is -3.07. The topological polar surface area (TPSA) is 111 Å². The second-order valence-corrected chi connectivity index (χ2v) is 13.8. The molecule has 9 heteroatoms. The molecule has 0 spiro atoms. The predicted octanol–water partition coefficient (Wildman–Crippen LogP) is 7.98. The van der Waals surface area contributed by atoms with Crippen molar-refractivity contribution in [1.82, 2.24) is 0 Å². The lowest BCUT2D eigenvalue weighted by atomic mass is 9.86. The number of hydrogen-bond donors (Lipinski definition) is 2. The maximum Gasteiger partial charge on any atom is 0.308 e. The summed E-state index contributed by atoms with van der Waals surface area (Å²) in [5.74, 6) is 0.317. The smallest absolute Gasteiger partial charge is 0.308 e. The Morgan fingerprint density at radius 1 is 0.833 bits per heavy atom. The Morgan fingerprint density at radius 3 is 1.90 bits per heavy atom. The van der Waals surface area contributed by atoms with Crippen LogP contribution in [0.5, 0.6) is 11.5 Å². The summed E-state index contributed by atoms with van der Waals surface area (Å²) in [5.41, 5.74) is 1.44. The van der Waals surface area contributed by atoms with Crippen LogP contribution in [-0.4, -0.2) is 32.7 Å².